The number of rotatable bonds is 2. The van der Waals surface area contributed by atoms with Gasteiger partial charge in [-0.3, -0.25) is 0 Å². The van der Waals surface area contributed by atoms with Crippen molar-refractivity contribution in [1.82, 2.24) is 0 Å². The minimum Gasteiger partial charge on any atom is -0.396 e. The Morgan fingerprint density at radius 3 is 2.25 bits per heavy atom. The lowest BCUT2D eigenvalue weighted by atomic mass is 9.64. The van der Waals surface area contributed by atoms with E-state index in [1.54, 1.807) is 0 Å². The average Bonchev–Trinajstić information content (AvgIpc) is 1.96. The average molecular weight is 172 g/mol. The highest BCUT2D eigenvalue weighted by Gasteiger charge is 2.44. The zero-order valence-electron chi connectivity index (χ0n) is 8.14. The fourth-order valence-corrected chi connectivity index (χ4v) is 2.20. The summed E-state index contributed by atoms with van der Waals surface area (Å²) < 4.78 is 0. The van der Waals surface area contributed by atoms with E-state index in [9.17, 15) is 5.11 Å². The summed E-state index contributed by atoms with van der Waals surface area (Å²) in [5, 5.41) is 19.1. The zero-order chi connectivity index (χ0) is 9.24. The van der Waals surface area contributed by atoms with Crippen molar-refractivity contribution in [2.45, 2.75) is 51.6 Å². The Labute approximate surface area is 74.6 Å². The van der Waals surface area contributed by atoms with E-state index in [4.69, 9.17) is 5.11 Å². The van der Waals surface area contributed by atoms with Gasteiger partial charge in [-0.1, -0.05) is 26.7 Å². The second kappa shape index (κ2) is 3.35. The lowest BCUT2D eigenvalue weighted by molar-refractivity contribution is -0.109. The van der Waals surface area contributed by atoms with Crippen LogP contribution < -0.4 is 0 Å². The van der Waals surface area contributed by atoms with Crippen molar-refractivity contribution in [1.29, 1.82) is 0 Å². The van der Waals surface area contributed by atoms with Gasteiger partial charge in [0.25, 0.3) is 0 Å². The second-order valence-corrected chi connectivity index (χ2v) is 4.60. The van der Waals surface area contributed by atoms with Crippen LogP contribution in [-0.2, 0) is 0 Å². The lowest BCUT2D eigenvalue weighted by Crippen LogP contribution is -2.47. The van der Waals surface area contributed by atoms with Crippen LogP contribution in [0.3, 0.4) is 0 Å². The van der Waals surface area contributed by atoms with Gasteiger partial charge in [0, 0.05) is 6.61 Å². The van der Waals surface area contributed by atoms with Gasteiger partial charge < -0.3 is 10.2 Å². The molecule has 0 heterocycles. The van der Waals surface area contributed by atoms with E-state index >= 15 is 0 Å². The molecule has 1 saturated carbocycles. The molecule has 0 aromatic carbocycles. The molecule has 2 nitrogen and oxygen atoms in total. The van der Waals surface area contributed by atoms with E-state index in [1.807, 2.05) is 0 Å². The first-order valence-electron chi connectivity index (χ1n) is 4.85. The molecule has 1 atom stereocenters. The minimum absolute atomic E-state index is 0.0199. The van der Waals surface area contributed by atoms with Crippen LogP contribution in [0.25, 0.3) is 0 Å². The smallest absolute Gasteiger partial charge is 0.0720 e. The monoisotopic (exact) mass is 172 g/mol. The predicted molar refractivity (Wildman–Crippen MR) is 48.9 cm³/mol. The summed E-state index contributed by atoms with van der Waals surface area (Å²) in [6.45, 7) is 4.30. The molecule has 72 valence electrons. The van der Waals surface area contributed by atoms with Crippen LogP contribution in [0.2, 0.25) is 0 Å². The van der Waals surface area contributed by atoms with Gasteiger partial charge in [0.15, 0.2) is 0 Å². The minimum atomic E-state index is -0.625. The van der Waals surface area contributed by atoms with Gasteiger partial charge in [-0.15, -0.1) is 0 Å². The quantitative estimate of drug-likeness (QED) is 0.665. The molecule has 1 aliphatic rings. The highest BCUT2D eigenvalue weighted by molar-refractivity contribution is 4.95. The predicted octanol–water partition coefficient (Wildman–Crippen LogP) is 1.70. The second-order valence-electron chi connectivity index (χ2n) is 4.60. The van der Waals surface area contributed by atoms with Gasteiger partial charge in [0.2, 0.25) is 0 Å². The standard InChI is InChI=1S/C10H20O2/c1-9(2)5-3-4-6-10(9,12)7-8-11/h11-12H,3-8H2,1-2H3. The van der Waals surface area contributed by atoms with Crippen molar-refractivity contribution >= 4 is 0 Å². The molecule has 1 rings (SSSR count). The normalized spacial score (nSPS) is 35.0. The summed E-state index contributed by atoms with van der Waals surface area (Å²) in [6.07, 6.45) is 4.75. The summed E-state index contributed by atoms with van der Waals surface area (Å²) in [5.74, 6) is 0. The molecule has 1 aliphatic carbocycles. The molecule has 0 aromatic heterocycles. The third-order valence-corrected chi connectivity index (χ3v) is 3.43. The Morgan fingerprint density at radius 1 is 1.17 bits per heavy atom. The summed E-state index contributed by atoms with van der Waals surface area (Å²) in [7, 11) is 0. The Balaban J connectivity index is 2.69. The highest BCUT2D eigenvalue weighted by atomic mass is 16.3. The first kappa shape index (κ1) is 10.0. The number of aliphatic hydroxyl groups is 2. The van der Waals surface area contributed by atoms with Gasteiger partial charge in [-0.2, -0.15) is 0 Å². The Hall–Kier alpha value is -0.0800. The van der Waals surface area contributed by atoms with E-state index in [-0.39, 0.29) is 12.0 Å². The summed E-state index contributed by atoms with van der Waals surface area (Å²) in [4.78, 5) is 0. The Bertz CT molecular complexity index is 150. The SMILES string of the molecule is CC1(C)CCCCC1(O)CCO. The molecule has 12 heavy (non-hydrogen) atoms. The summed E-state index contributed by atoms with van der Waals surface area (Å²) in [6, 6.07) is 0. The first-order valence-corrected chi connectivity index (χ1v) is 4.85. The molecular weight excluding hydrogens is 152 g/mol. The van der Waals surface area contributed by atoms with Gasteiger partial charge in [-0.25, -0.2) is 0 Å². The maximum absolute atomic E-state index is 10.2. The third kappa shape index (κ3) is 1.64. The van der Waals surface area contributed by atoms with Crippen molar-refractivity contribution in [3.05, 3.63) is 0 Å². The highest BCUT2D eigenvalue weighted by Crippen LogP contribution is 2.45. The van der Waals surface area contributed by atoms with Crippen LogP contribution in [0.15, 0.2) is 0 Å². The van der Waals surface area contributed by atoms with Crippen molar-refractivity contribution in [2.75, 3.05) is 6.61 Å². The molecule has 0 saturated heterocycles. The zero-order valence-corrected chi connectivity index (χ0v) is 8.14. The van der Waals surface area contributed by atoms with Gasteiger partial charge in [0.1, 0.15) is 0 Å². The summed E-state index contributed by atoms with van der Waals surface area (Å²) in [5.41, 5.74) is -0.645. The number of hydrogen-bond acceptors (Lipinski definition) is 2. The topological polar surface area (TPSA) is 40.5 Å². The maximum Gasteiger partial charge on any atom is 0.0720 e. The fraction of sp³-hybridized carbons (Fsp3) is 1.00. The lowest BCUT2D eigenvalue weighted by Gasteiger charge is -2.46. The van der Waals surface area contributed by atoms with Gasteiger partial charge in [0.05, 0.1) is 5.60 Å². The molecule has 1 fully saturated rings. The summed E-state index contributed by atoms with van der Waals surface area (Å²) >= 11 is 0. The molecule has 2 N–H and O–H groups in total. The van der Waals surface area contributed by atoms with Crippen LogP contribution >= 0.6 is 0 Å². The Kier molecular flexibility index (Phi) is 2.79. The number of hydrogen-bond donors (Lipinski definition) is 2. The Morgan fingerprint density at radius 2 is 1.75 bits per heavy atom. The molecule has 0 bridgehead atoms. The van der Waals surface area contributed by atoms with E-state index in [2.05, 4.69) is 13.8 Å². The van der Waals surface area contributed by atoms with Crippen molar-refractivity contribution in [3.8, 4) is 0 Å². The molecular formula is C10H20O2. The first-order chi connectivity index (χ1) is 5.52. The maximum atomic E-state index is 10.2. The molecule has 2 heteroatoms. The van der Waals surface area contributed by atoms with Crippen LogP contribution in [0.5, 0.6) is 0 Å². The van der Waals surface area contributed by atoms with Crippen molar-refractivity contribution < 1.29 is 10.2 Å². The van der Waals surface area contributed by atoms with Crippen LogP contribution in [0.4, 0.5) is 0 Å². The van der Waals surface area contributed by atoms with Crippen molar-refractivity contribution in [3.63, 3.8) is 0 Å². The van der Waals surface area contributed by atoms with Gasteiger partial charge >= 0.3 is 0 Å². The molecule has 0 spiro atoms. The van der Waals surface area contributed by atoms with Crippen LogP contribution in [0.1, 0.15) is 46.0 Å². The van der Waals surface area contributed by atoms with Gasteiger partial charge in [-0.05, 0) is 24.7 Å². The van der Waals surface area contributed by atoms with Crippen molar-refractivity contribution in [2.24, 2.45) is 5.41 Å². The van der Waals surface area contributed by atoms with E-state index in [1.165, 1.54) is 6.42 Å². The van der Waals surface area contributed by atoms with Crippen LogP contribution in [0, 0.1) is 5.41 Å². The molecule has 1 unspecified atom stereocenters. The van der Waals surface area contributed by atoms with Crippen LogP contribution in [-0.4, -0.2) is 22.4 Å². The fourth-order valence-electron chi connectivity index (χ4n) is 2.20. The molecule has 0 aliphatic heterocycles. The van der Waals surface area contributed by atoms with E-state index < -0.39 is 5.60 Å². The molecule has 0 aromatic rings. The molecule has 0 radical (unpaired) electrons. The largest absolute Gasteiger partial charge is 0.396 e. The molecule has 0 amide bonds. The van der Waals surface area contributed by atoms with E-state index in [0.29, 0.717) is 6.42 Å². The third-order valence-electron chi connectivity index (χ3n) is 3.43. The number of aliphatic hydroxyl groups excluding tert-OH is 1. The van der Waals surface area contributed by atoms with E-state index in [0.717, 1.165) is 19.3 Å².